The molecule has 0 fully saturated rings. The number of nitrogens with one attached hydrogen (secondary N) is 1. The van der Waals surface area contributed by atoms with Crippen molar-refractivity contribution in [3.8, 4) is 0 Å². The second kappa shape index (κ2) is 62.1. The number of unbranched alkanes of at least 4 members (excludes halogenated alkanes) is 51. The van der Waals surface area contributed by atoms with Crippen molar-refractivity contribution >= 4 is 11.9 Å². The fourth-order valence-electron chi connectivity index (χ4n) is 10.5. The first-order valence-electron chi connectivity index (χ1n) is 33.0. The molecule has 0 aromatic rings. The van der Waals surface area contributed by atoms with E-state index in [-0.39, 0.29) is 18.5 Å². The average molecular weight is 1020 g/mol. The lowest BCUT2D eigenvalue weighted by atomic mass is 10.0. The van der Waals surface area contributed by atoms with Crippen LogP contribution in [0.5, 0.6) is 0 Å². The highest BCUT2D eigenvalue weighted by Crippen LogP contribution is 2.19. The summed E-state index contributed by atoms with van der Waals surface area (Å²) in [5, 5.41) is 23.2. The summed E-state index contributed by atoms with van der Waals surface area (Å²) in [6.07, 6.45) is 75.5. The quantitative estimate of drug-likeness (QED) is 0.0320. The standard InChI is InChI=1S/C66H129NO5/c1-3-5-7-9-11-13-15-17-18-19-29-32-35-38-42-46-50-54-58-64(69)63(62-68)67-65(70)59-55-51-47-43-39-36-33-30-27-25-23-21-20-22-24-26-28-31-34-37-41-45-49-53-57-61-72-66(71)60-56-52-48-44-40-16-14-12-10-8-6-4-2/h54,58,63-64,68-69H,3-53,55-57,59-62H2,1-2H3,(H,67,70)/b58-54+. The number of hydrogen-bond donors (Lipinski definition) is 3. The Morgan fingerprint density at radius 1 is 0.375 bits per heavy atom. The van der Waals surface area contributed by atoms with Crippen molar-refractivity contribution < 1.29 is 24.5 Å². The minimum absolute atomic E-state index is 0.0174. The predicted octanol–water partition coefficient (Wildman–Crippen LogP) is 20.8. The van der Waals surface area contributed by atoms with Crippen molar-refractivity contribution in [2.45, 2.75) is 386 Å². The molecule has 3 N–H and O–H groups in total. The molecule has 1 amide bonds. The third-order valence-electron chi connectivity index (χ3n) is 15.6. The molecule has 0 rings (SSSR count). The van der Waals surface area contributed by atoms with Crippen LogP contribution in [0.15, 0.2) is 12.2 Å². The Bertz CT molecular complexity index is 1080. The summed E-state index contributed by atoms with van der Waals surface area (Å²) < 4.78 is 5.48. The van der Waals surface area contributed by atoms with Crippen molar-refractivity contribution in [3.05, 3.63) is 12.2 Å². The first-order valence-corrected chi connectivity index (χ1v) is 33.0. The summed E-state index contributed by atoms with van der Waals surface area (Å²) in [5.41, 5.74) is 0. The summed E-state index contributed by atoms with van der Waals surface area (Å²) in [7, 11) is 0. The SMILES string of the molecule is CCCCCCCCCCCCCCCCCC/C=C/C(O)C(CO)NC(=O)CCCCCCCCCCCCCCCCCCCCCCCCCCCOC(=O)CCCCCCCCCCCCCC. The van der Waals surface area contributed by atoms with Gasteiger partial charge in [0.05, 0.1) is 25.4 Å². The zero-order valence-corrected chi connectivity index (χ0v) is 48.9. The Morgan fingerprint density at radius 2 is 0.639 bits per heavy atom. The number of aliphatic hydroxyl groups is 2. The van der Waals surface area contributed by atoms with Crippen LogP contribution in [0.3, 0.4) is 0 Å². The van der Waals surface area contributed by atoms with Gasteiger partial charge in [-0.1, -0.05) is 341 Å². The number of aliphatic hydroxyl groups excluding tert-OH is 2. The lowest BCUT2D eigenvalue weighted by Gasteiger charge is -2.20. The van der Waals surface area contributed by atoms with Gasteiger partial charge in [0.15, 0.2) is 0 Å². The van der Waals surface area contributed by atoms with Crippen LogP contribution in [-0.2, 0) is 14.3 Å². The van der Waals surface area contributed by atoms with E-state index in [0.717, 1.165) is 38.5 Å². The average Bonchev–Trinajstić information content (AvgIpc) is 3.38. The van der Waals surface area contributed by atoms with Crippen LogP contribution in [-0.4, -0.2) is 47.4 Å². The van der Waals surface area contributed by atoms with Gasteiger partial charge in [-0.3, -0.25) is 9.59 Å². The minimum Gasteiger partial charge on any atom is -0.466 e. The normalized spacial score (nSPS) is 12.6. The number of esters is 1. The number of carbonyl (C=O) groups excluding carboxylic acids is 2. The second-order valence-electron chi connectivity index (χ2n) is 22.8. The van der Waals surface area contributed by atoms with Crippen molar-refractivity contribution in [3.63, 3.8) is 0 Å². The maximum atomic E-state index is 12.5. The summed E-state index contributed by atoms with van der Waals surface area (Å²) in [6, 6.07) is -0.626. The van der Waals surface area contributed by atoms with Gasteiger partial charge in [0.25, 0.3) is 0 Å². The molecule has 0 aromatic heterocycles. The third kappa shape index (κ3) is 57.9. The fraction of sp³-hybridized carbons (Fsp3) is 0.939. The molecule has 0 aromatic carbocycles. The van der Waals surface area contributed by atoms with E-state index < -0.39 is 12.1 Å². The molecule has 72 heavy (non-hydrogen) atoms. The Labute approximate surface area is 450 Å². The number of rotatable bonds is 62. The number of amides is 1. The number of allylic oxidation sites excluding steroid dienone is 1. The molecule has 0 aliphatic rings. The molecule has 0 spiro atoms. The van der Waals surface area contributed by atoms with E-state index in [0.29, 0.717) is 19.4 Å². The van der Waals surface area contributed by atoms with Crippen molar-refractivity contribution in [1.82, 2.24) is 5.32 Å². The molecule has 2 atom stereocenters. The highest BCUT2D eigenvalue weighted by atomic mass is 16.5. The van der Waals surface area contributed by atoms with E-state index in [4.69, 9.17) is 4.74 Å². The highest BCUT2D eigenvalue weighted by Gasteiger charge is 2.18. The Morgan fingerprint density at radius 3 is 0.944 bits per heavy atom. The molecule has 0 saturated heterocycles. The van der Waals surface area contributed by atoms with E-state index in [1.807, 2.05) is 6.08 Å². The van der Waals surface area contributed by atoms with Crippen LogP contribution >= 0.6 is 0 Å². The van der Waals surface area contributed by atoms with Gasteiger partial charge in [0, 0.05) is 12.8 Å². The van der Waals surface area contributed by atoms with E-state index in [1.54, 1.807) is 6.08 Å². The van der Waals surface area contributed by atoms with Crippen LogP contribution in [0.4, 0.5) is 0 Å². The van der Waals surface area contributed by atoms with Gasteiger partial charge in [0.2, 0.25) is 5.91 Å². The zero-order valence-electron chi connectivity index (χ0n) is 48.9. The van der Waals surface area contributed by atoms with Gasteiger partial charge in [0.1, 0.15) is 0 Å². The predicted molar refractivity (Wildman–Crippen MR) is 315 cm³/mol. The largest absolute Gasteiger partial charge is 0.466 e. The summed E-state index contributed by atoms with van der Waals surface area (Å²) in [5.74, 6) is -0.0453. The van der Waals surface area contributed by atoms with Crippen LogP contribution in [0, 0.1) is 0 Å². The Kier molecular flexibility index (Phi) is 60.9. The van der Waals surface area contributed by atoms with E-state index >= 15 is 0 Å². The van der Waals surface area contributed by atoms with Gasteiger partial charge >= 0.3 is 5.97 Å². The van der Waals surface area contributed by atoms with Crippen molar-refractivity contribution in [2.24, 2.45) is 0 Å². The number of carbonyl (C=O) groups is 2. The number of ether oxygens (including phenoxy) is 1. The lowest BCUT2D eigenvalue weighted by molar-refractivity contribution is -0.143. The summed E-state index contributed by atoms with van der Waals surface area (Å²) >= 11 is 0. The molecular formula is C66H129NO5. The van der Waals surface area contributed by atoms with Crippen LogP contribution in [0.1, 0.15) is 373 Å². The van der Waals surface area contributed by atoms with Gasteiger partial charge in [-0.15, -0.1) is 0 Å². The second-order valence-corrected chi connectivity index (χ2v) is 22.8. The molecule has 2 unspecified atom stereocenters. The molecule has 6 heteroatoms. The van der Waals surface area contributed by atoms with Crippen LogP contribution in [0.2, 0.25) is 0 Å². The Hall–Kier alpha value is -1.40. The topological polar surface area (TPSA) is 95.9 Å². The van der Waals surface area contributed by atoms with Crippen molar-refractivity contribution in [2.75, 3.05) is 13.2 Å². The summed E-state index contributed by atoms with van der Waals surface area (Å²) in [4.78, 5) is 24.5. The van der Waals surface area contributed by atoms with Gasteiger partial charge in [-0.2, -0.15) is 0 Å². The molecule has 0 aliphatic heterocycles. The van der Waals surface area contributed by atoms with Crippen LogP contribution in [0.25, 0.3) is 0 Å². The first-order chi connectivity index (χ1) is 35.5. The molecule has 428 valence electrons. The highest BCUT2D eigenvalue weighted by molar-refractivity contribution is 5.76. The van der Waals surface area contributed by atoms with Crippen molar-refractivity contribution in [1.29, 1.82) is 0 Å². The van der Waals surface area contributed by atoms with Gasteiger partial charge < -0.3 is 20.3 Å². The first kappa shape index (κ1) is 70.6. The molecule has 0 bridgehead atoms. The fourth-order valence-corrected chi connectivity index (χ4v) is 10.5. The molecule has 0 radical (unpaired) electrons. The van der Waals surface area contributed by atoms with E-state index in [2.05, 4.69) is 19.2 Å². The third-order valence-corrected chi connectivity index (χ3v) is 15.6. The van der Waals surface area contributed by atoms with Gasteiger partial charge in [-0.25, -0.2) is 0 Å². The molecule has 0 aliphatic carbocycles. The Balaban J connectivity index is 3.38. The zero-order chi connectivity index (χ0) is 52.2. The van der Waals surface area contributed by atoms with E-state index in [9.17, 15) is 19.8 Å². The minimum atomic E-state index is -0.843. The smallest absolute Gasteiger partial charge is 0.305 e. The lowest BCUT2D eigenvalue weighted by Crippen LogP contribution is -2.45. The molecule has 6 nitrogen and oxygen atoms in total. The van der Waals surface area contributed by atoms with Crippen LogP contribution < -0.4 is 5.32 Å². The van der Waals surface area contributed by atoms with Gasteiger partial charge in [-0.05, 0) is 32.1 Å². The molecule has 0 saturated carbocycles. The monoisotopic (exact) mass is 1020 g/mol. The molecule has 0 heterocycles. The maximum Gasteiger partial charge on any atom is 0.305 e. The molecular weight excluding hydrogens is 887 g/mol. The van der Waals surface area contributed by atoms with E-state index in [1.165, 1.54) is 308 Å². The number of hydrogen-bond acceptors (Lipinski definition) is 5. The maximum absolute atomic E-state index is 12.5. The summed E-state index contributed by atoms with van der Waals surface area (Å²) in [6.45, 7) is 4.94.